The third-order valence-corrected chi connectivity index (χ3v) is 5.31. The Hall–Kier alpha value is -2.83. The van der Waals surface area contributed by atoms with Crippen LogP contribution in [-0.4, -0.2) is 13.6 Å². The van der Waals surface area contributed by atoms with E-state index in [0.717, 1.165) is 10.9 Å². The molecule has 26 heavy (non-hydrogen) atoms. The largest absolute Gasteiger partial charge is 0.379 e. The van der Waals surface area contributed by atoms with Gasteiger partial charge in [-0.3, -0.25) is 0 Å². The fourth-order valence-corrected chi connectivity index (χ4v) is 3.60. The lowest BCUT2D eigenvalue weighted by Crippen LogP contribution is -2.09. The van der Waals surface area contributed by atoms with E-state index in [-0.39, 0.29) is 10.6 Å². The van der Waals surface area contributed by atoms with Crippen LogP contribution in [0.3, 0.4) is 0 Å². The molecular weight excluding hydrogens is 374 g/mol. The van der Waals surface area contributed by atoms with E-state index in [4.69, 9.17) is 20.3 Å². The Bertz CT molecular complexity index is 1170. The number of benzene rings is 3. The molecule has 0 amide bonds. The van der Waals surface area contributed by atoms with Gasteiger partial charge >= 0.3 is 10.1 Å². The van der Waals surface area contributed by atoms with Crippen molar-refractivity contribution in [1.29, 1.82) is 0 Å². The van der Waals surface area contributed by atoms with Crippen LogP contribution in [0.25, 0.3) is 22.2 Å². The average Bonchev–Trinajstić information content (AvgIpc) is 3.05. The van der Waals surface area contributed by atoms with E-state index in [0.29, 0.717) is 16.3 Å². The second-order valence-electron chi connectivity index (χ2n) is 5.55. The predicted octanol–water partition coefficient (Wildman–Crippen LogP) is 4.92. The number of halogens is 1. The summed E-state index contributed by atoms with van der Waals surface area (Å²) >= 11 is 5.79. The van der Waals surface area contributed by atoms with Crippen LogP contribution in [0.4, 0.5) is 0 Å². The number of aromatic nitrogens is 1. The molecule has 0 saturated carbocycles. The van der Waals surface area contributed by atoms with Gasteiger partial charge in [0.2, 0.25) is 0 Å². The molecule has 4 rings (SSSR count). The van der Waals surface area contributed by atoms with Crippen molar-refractivity contribution in [2.45, 2.75) is 4.90 Å². The molecule has 0 radical (unpaired) electrons. The molecule has 0 bridgehead atoms. The Morgan fingerprint density at radius 3 is 2.38 bits per heavy atom. The topological polar surface area (TPSA) is 69.4 Å². The molecule has 0 fully saturated rings. The fraction of sp³-hybridized carbons (Fsp3) is 0. The summed E-state index contributed by atoms with van der Waals surface area (Å²) in [6, 6.07) is 20.1. The minimum absolute atomic E-state index is 0.0181. The first-order chi connectivity index (χ1) is 12.5. The zero-order valence-corrected chi connectivity index (χ0v) is 14.9. The average molecular weight is 386 g/mol. The van der Waals surface area contributed by atoms with Gasteiger partial charge in [-0.1, -0.05) is 47.1 Å². The summed E-state index contributed by atoms with van der Waals surface area (Å²) in [5.74, 6) is 0.142. The summed E-state index contributed by atoms with van der Waals surface area (Å²) in [7, 11) is -3.96. The first kappa shape index (κ1) is 16.6. The molecular formula is C19H12ClNO4S. The van der Waals surface area contributed by atoms with Gasteiger partial charge in [0, 0.05) is 22.0 Å². The number of fused-ring (bicyclic) bond motifs is 1. The van der Waals surface area contributed by atoms with E-state index in [1.807, 2.05) is 30.3 Å². The Morgan fingerprint density at radius 2 is 1.65 bits per heavy atom. The Labute approximate surface area is 154 Å². The monoisotopic (exact) mass is 385 g/mol. The molecule has 0 N–H and O–H groups in total. The quantitative estimate of drug-likeness (QED) is 0.466. The fourth-order valence-electron chi connectivity index (χ4n) is 2.55. The van der Waals surface area contributed by atoms with E-state index >= 15 is 0 Å². The highest BCUT2D eigenvalue weighted by molar-refractivity contribution is 7.87. The molecule has 0 aliphatic heterocycles. The van der Waals surface area contributed by atoms with Gasteiger partial charge < -0.3 is 8.71 Å². The van der Waals surface area contributed by atoms with Gasteiger partial charge in [-0.2, -0.15) is 8.42 Å². The Balaban J connectivity index is 1.67. The van der Waals surface area contributed by atoms with Crippen molar-refractivity contribution in [3.05, 3.63) is 77.8 Å². The SMILES string of the molecule is O=S(=O)(Oc1ccc2c(-c3ccccc3)noc2c1)c1ccc(Cl)cc1. The molecule has 1 aromatic heterocycles. The van der Waals surface area contributed by atoms with Crippen molar-refractivity contribution < 1.29 is 17.1 Å². The molecule has 130 valence electrons. The molecule has 7 heteroatoms. The van der Waals surface area contributed by atoms with Crippen molar-refractivity contribution in [2.75, 3.05) is 0 Å². The zero-order valence-electron chi connectivity index (χ0n) is 13.3. The van der Waals surface area contributed by atoms with Gasteiger partial charge in [-0.05, 0) is 36.4 Å². The molecule has 3 aromatic carbocycles. The number of hydrogen-bond acceptors (Lipinski definition) is 5. The molecule has 1 heterocycles. The Morgan fingerprint density at radius 1 is 0.923 bits per heavy atom. The van der Waals surface area contributed by atoms with Crippen LogP contribution in [-0.2, 0) is 10.1 Å². The van der Waals surface area contributed by atoms with E-state index in [9.17, 15) is 8.42 Å². The van der Waals surface area contributed by atoms with Gasteiger partial charge in [0.05, 0.1) is 0 Å². The van der Waals surface area contributed by atoms with Gasteiger partial charge in [-0.15, -0.1) is 0 Å². The summed E-state index contributed by atoms with van der Waals surface area (Å²) < 4.78 is 35.3. The highest BCUT2D eigenvalue weighted by atomic mass is 35.5. The van der Waals surface area contributed by atoms with Crippen LogP contribution < -0.4 is 4.18 Å². The lowest BCUT2D eigenvalue weighted by molar-refractivity contribution is 0.456. The standard InChI is InChI=1S/C19H12ClNO4S/c20-14-6-9-16(10-7-14)26(22,23)25-15-8-11-17-18(12-15)24-21-19(17)13-4-2-1-3-5-13/h1-12H. The summed E-state index contributed by atoms with van der Waals surface area (Å²) in [5.41, 5.74) is 2.04. The molecule has 0 saturated heterocycles. The molecule has 0 aliphatic rings. The zero-order chi connectivity index (χ0) is 18.1. The normalized spacial score (nSPS) is 11.6. The number of nitrogens with zero attached hydrogens (tertiary/aromatic N) is 1. The van der Waals surface area contributed by atoms with Crippen molar-refractivity contribution in [1.82, 2.24) is 5.16 Å². The maximum absolute atomic E-state index is 12.4. The van der Waals surface area contributed by atoms with Crippen LogP contribution in [0, 0.1) is 0 Å². The lowest BCUT2D eigenvalue weighted by Gasteiger charge is -2.07. The maximum Gasteiger partial charge on any atom is 0.339 e. The second-order valence-corrected chi connectivity index (χ2v) is 7.53. The minimum Gasteiger partial charge on any atom is -0.379 e. The van der Waals surface area contributed by atoms with Crippen LogP contribution in [0.5, 0.6) is 5.75 Å². The van der Waals surface area contributed by atoms with Crippen molar-refractivity contribution in [3.8, 4) is 17.0 Å². The van der Waals surface area contributed by atoms with E-state index in [1.165, 1.54) is 30.3 Å². The smallest absolute Gasteiger partial charge is 0.339 e. The van der Waals surface area contributed by atoms with Crippen LogP contribution in [0.15, 0.2) is 82.2 Å². The number of rotatable bonds is 4. The van der Waals surface area contributed by atoms with E-state index in [2.05, 4.69) is 5.16 Å². The van der Waals surface area contributed by atoms with Gasteiger partial charge in [0.1, 0.15) is 16.3 Å². The molecule has 0 aliphatic carbocycles. The summed E-state index contributed by atoms with van der Waals surface area (Å²) in [6.45, 7) is 0. The highest BCUT2D eigenvalue weighted by Gasteiger charge is 2.18. The van der Waals surface area contributed by atoms with Crippen LogP contribution in [0.2, 0.25) is 5.02 Å². The predicted molar refractivity (Wildman–Crippen MR) is 98.7 cm³/mol. The van der Waals surface area contributed by atoms with Crippen LogP contribution >= 0.6 is 11.6 Å². The Kier molecular flexibility index (Phi) is 4.14. The van der Waals surface area contributed by atoms with E-state index < -0.39 is 10.1 Å². The lowest BCUT2D eigenvalue weighted by atomic mass is 10.1. The summed E-state index contributed by atoms with van der Waals surface area (Å²) in [4.78, 5) is 0.0181. The number of hydrogen-bond donors (Lipinski definition) is 0. The van der Waals surface area contributed by atoms with E-state index in [1.54, 1.807) is 12.1 Å². The second kappa shape index (κ2) is 6.48. The molecule has 0 atom stereocenters. The third kappa shape index (κ3) is 3.16. The molecule has 0 spiro atoms. The molecule has 0 unspecified atom stereocenters. The van der Waals surface area contributed by atoms with Crippen LogP contribution in [0.1, 0.15) is 0 Å². The van der Waals surface area contributed by atoms with Gasteiger partial charge in [0.15, 0.2) is 5.58 Å². The summed E-state index contributed by atoms with van der Waals surface area (Å²) in [6.07, 6.45) is 0. The van der Waals surface area contributed by atoms with Gasteiger partial charge in [-0.25, -0.2) is 0 Å². The van der Waals surface area contributed by atoms with Crippen molar-refractivity contribution in [3.63, 3.8) is 0 Å². The van der Waals surface area contributed by atoms with Crippen molar-refractivity contribution >= 4 is 32.7 Å². The third-order valence-electron chi connectivity index (χ3n) is 3.80. The molecule has 5 nitrogen and oxygen atoms in total. The van der Waals surface area contributed by atoms with Crippen molar-refractivity contribution in [2.24, 2.45) is 0 Å². The highest BCUT2D eigenvalue weighted by Crippen LogP contribution is 2.31. The molecule has 4 aromatic rings. The maximum atomic E-state index is 12.4. The first-order valence-corrected chi connectivity index (χ1v) is 9.46. The minimum atomic E-state index is -3.96. The van der Waals surface area contributed by atoms with Gasteiger partial charge in [0.25, 0.3) is 0 Å². The first-order valence-electron chi connectivity index (χ1n) is 7.68. The summed E-state index contributed by atoms with van der Waals surface area (Å²) in [5, 5.41) is 5.29.